The molecule has 9 heteroatoms. The number of carbonyl (C=O) groups excluding carboxylic acids is 1. The SMILES string of the molecule is N#Cc1c(C(F)(F)F)cc(C23CC4CC(CC(C4)C2)C3)nc1[S@@](=O)CC(=O)c1ccco1. The van der Waals surface area contributed by atoms with Crippen molar-refractivity contribution in [3.63, 3.8) is 0 Å². The van der Waals surface area contributed by atoms with Crippen molar-refractivity contribution in [2.24, 2.45) is 17.8 Å². The highest BCUT2D eigenvalue weighted by molar-refractivity contribution is 7.85. The summed E-state index contributed by atoms with van der Waals surface area (Å²) in [4.78, 5) is 16.8. The van der Waals surface area contributed by atoms with Crippen LogP contribution in [0.25, 0.3) is 0 Å². The molecule has 0 spiro atoms. The third-order valence-electron chi connectivity index (χ3n) is 7.26. The van der Waals surface area contributed by atoms with E-state index in [0.717, 1.165) is 44.6 Å². The smallest absolute Gasteiger partial charge is 0.417 e. The first-order valence-corrected chi connectivity index (χ1v) is 12.0. The van der Waals surface area contributed by atoms with Gasteiger partial charge in [-0.15, -0.1) is 0 Å². The van der Waals surface area contributed by atoms with Gasteiger partial charge in [-0.25, -0.2) is 4.98 Å². The van der Waals surface area contributed by atoms with Crippen LogP contribution in [-0.4, -0.2) is 20.7 Å². The summed E-state index contributed by atoms with van der Waals surface area (Å²) in [6, 6.07) is 5.44. The third kappa shape index (κ3) is 3.58. The monoisotopic (exact) mass is 462 g/mol. The minimum absolute atomic E-state index is 0.0369. The molecule has 2 aromatic rings. The van der Waals surface area contributed by atoms with Crippen molar-refractivity contribution in [2.75, 3.05) is 5.75 Å². The van der Waals surface area contributed by atoms with Gasteiger partial charge in [0.1, 0.15) is 11.1 Å². The minimum atomic E-state index is -4.80. The van der Waals surface area contributed by atoms with Gasteiger partial charge in [0.15, 0.2) is 5.76 Å². The fraction of sp³-hybridized carbons (Fsp3) is 0.522. The summed E-state index contributed by atoms with van der Waals surface area (Å²) in [6.45, 7) is 0. The highest BCUT2D eigenvalue weighted by Gasteiger charge is 2.53. The Morgan fingerprint density at radius 3 is 2.34 bits per heavy atom. The number of alkyl halides is 3. The van der Waals surface area contributed by atoms with Crippen LogP contribution in [0.2, 0.25) is 0 Å². The molecule has 2 heterocycles. The summed E-state index contributed by atoms with van der Waals surface area (Å²) in [5.74, 6) is 0.169. The third-order valence-corrected chi connectivity index (χ3v) is 8.51. The van der Waals surface area contributed by atoms with E-state index in [1.165, 1.54) is 18.4 Å². The molecule has 0 aromatic carbocycles. The van der Waals surface area contributed by atoms with Crippen LogP contribution in [0.5, 0.6) is 0 Å². The highest BCUT2D eigenvalue weighted by Crippen LogP contribution is 2.60. The number of Topliss-reactive ketones (excluding diaryl/α,β-unsaturated/α-hetero) is 1. The molecule has 0 amide bonds. The van der Waals surface area contributed by atoms with E-state index in [-0.39, 0.29) is 11.5 Å². The maximum absolute atomic E-state index is 14.0. The molecule has 6 rings (SSSR count). The van der Waals surface area contributed by atoms with Crippen LogP contribution in [0.1, 0.15) is 65.9 Å². The number of aromatic nitrogens is 1. The number of halogens is 3. The van der Waals surface area contributed by atoms with Gasteiger partial charge in [-0.05, 0) is 74.5 Å². The second kappa shape index (κ2) is 7.55. The summed E-state index contributed by atoms with van der Waals surface area (Å²) in [7, 11) is -2.22. The van der Waals surface area contributed by atoms with Gasteiger partial charge < -0.3 is 4.42 Å². The highest BCUT2D eigenvalue weighted by atomic mass is 32.2. The number of carbonyl (C=O) groups is 1. The molecule has 1 atom stereocenters. The Labute approximate surface area is 185 Å². The van der Waals surface area contributed by atoms with Gasteiger partial charge in [0.25, 0.3) is 0 Å². The zero-order valence-corrected chi connectivity index (χ0v) is 18.0. The van der Waals surface area contributed by atoms with Gasteiger partial charge in [-0.2, -0.15) is 18.4 Å². The van der Waals surface area contributed by atoms with E-state index in [9.17, 15) is 27.4 Å². The molecule has 32 heavy (non-hydrogen) atoms. The lowest BCUT2D eigenvalue weighted by atomic mass is 9.48. The van der Waals surface area contributed by atoms with E-state index in [2.05, 4.69) is 4.98 Å². The average molecular weight is 462 g/mol. The summed E-state index contributed by atoms with van der Waals surface area (Å²) >= 11 is 0. The van der Waals surface area contributed by atoms with E-state index < -0.39 is 50.1 Å². The summed E-state index contributed by atoms with van der Waals surface area (Å²) in [5, 5.41) is 9.08. The zero-order chi connectivity index (χ0) is 22.7. The van der Waals surface area contributed by atoms with Gasteiger partial charge in [0, 0.05) is 11.1 Å². The average Bonchev–Trinajstić information content (AvgIpc) is 3.26. The van der Waals surface area contributed by atoms with Crippen molar-refractivity contribution < 1.29 is 26.6 Å². The fourth-order valence-electron chi connectivity index (χ4n) is 6.41. The molecule has 0 saturated heterocycles. The van der Waals surface area contributed by atoms with Gasteiger partial charge in [-0.3, -0.25) is 9.00 Å². The van der Waals surface area contributed by atoms with Crippen LogP contribution in [0.4, 0.5) is 13.2 Å². The van der Waals surface area contributed by atoms with Crippen LogP contribution in [0.3, 0.4) is 0 Å². The molecule has 5 nitrogen and oxygen atoms in total. The number of hydrogen-bond donors (Lipinski definition) is 0. The van der Waals surface area contributed by atoms with Crippen molar-refractivity contribution in [1.82, 2.24) is 4.98 Å². The number of ketones is 1. The van der Waals surface area contributed by atoms with Crippen molar-refractivity contribution in [3.8, 4) is 6.07 Å². The van der Waals surface area contributed by atoms with Crippen molar-refractivity contribution in [3.05, 3.63) is 47.0 Å². The Kier molecular flexibility index (Phi) is 5.04. The first-order valence-electron chi connectivity index (χ1n) is 10.7. The number of hydrogen-bond acceptors (Lipinski definition) is 5. The van der Waals surface area contributed by atoms with E-state index in [0.29, 0.717) is 17.8 Å². The van der Waals surface area contributed by atoms with Crippen LogP contribution in [-0.2, 0) is 22.4 Å². The Morgan fingerprint density at radius 1 is 1.22 bits per heavy atom. The lowest BCUT2D eigenvalue weighted by Crippen LogP contribution is -2.49. The van der Waals surface area contributed by atoms with Crippen molar-refractivity contribution >= 4 is 16.6 Å². The molecular weight excluding hydrogens is 441 g/mol. The van der Waals surface area contributed by atoms with E-state index in [4.69, 9.17) is 4.42 Å². The number of pyridine rings is 1. The lowest BCUT2D eigenvalue weighted by Gasteiger charge is -2.56. The molecule has 2 aromatic heterocycles. The summed E-state index contributed by atoms with van der Waals surface area (Å²) < 4.78 is 59.9. The molecule has 0 N–H and O–H groups in total. The lowest BCUT2D eigenvalue weighted by molar-refractivity contribution is -0.138. The molecule has 168 valence electrons. The summed E-state index contributed by atoms with van der Waals surface area (Å²) in [5.41, 5.74) is -2.09. The van der Waals surface area contributed by atoms with Crippen LogP contribution in [0.15, 0.2) is 33.9 Å². The molecule has 4 aliphatic carbocycles. The van der Waals surface area contributed by atoms with Crippen LogP contribution < -0.4 is 0 Å². The normalized spacial score (nSPS) is 29.6. The Bertz CT molecular complexity index is 1100. The number of nitriles is 1. The quantitative estimate of drug-likeness (QED) is 0.583. The molecule has 4 fully saturated rings. The van der Waals surface area contributed by atoms with E-state index in [1.54, 1.807) is 6.07 Å². The number of nitrogens with zero attached hydrogens (tertiary/aromatic N) is 2. The van der Waals surface area contributed by atoms with Crippen molar-refractivity contribution in [2.45, 2.75) is 55.1 Å². The summed E-state index contributed by atoms with van der Waals surface area (Å²) in [6.07, 6.45) is 2.12. The van der Waals surface area contributed by atoms with Gasteiger partial charge in [-0.1, -0.05) is 0 Å². The fourth-order valence-corrected chi connectivity index (χ4v) is 7.51. The second-order valence-electron chi connectivity index (χ2n) is 9.43. The predicted octanol–water partition coefficient (Wildman–Crippen LogP) is 5.02. The molecule has 0 unspecified atom stereocenters. The van der Waals surface area contributed by atoms with Gasteiger partial charge in [0.2, 0.25) is 5.78 Å². The molecule has 0 radical (unpaired) electrons. The Morgan fingerprint density at radius 2 is 1.84 bits per heavy atom. The standard InChI is InChI=1S/C23H21F3N2O3S/c24-23(25,26)17-7-20(22-8-13-4-14(9-22)6-15(5-13)10-22)28-21(16(17)11-27)32(30)12-18(29)19-2-1-3-31-19/h1-3,7,13-15H,4-6,8-10,12H2/t13?,14?,15?,22?,32-/m0/s1. The minimum Gasteiger partial charge on any atom is -0.461 e. The Balaban J connectivity index is 1.59. The van der Waals surface area contributed by atoms with Gasteiger partial charge >= 0.3 is 6.18 Å². The molecular formula is C23H21F3N2O3S. The maximum atomic E-state index is 14.0. The zero-order valence-electron chi connectivity index (χ0n) is 17.2. The van der Waals surface area contributed by atoms with Crippen molar-refractivity contribution in [1.29, 1.82) is 5.26 Å². The molecule has 4 saturated carbocycles. The first kappa shape index (κ1) is 21.4. The van der Waals surface area contributed by atoms with Gasteiger partial charge in [0.05, 0.1) is 33.9 Å². The first-order chi connectivity index (χ1) is 15.2. The second-order valence-corrected chi connectivity index (χ2v) is 10.8. The topological polar surface area (TPSA) is 84.0 Å². The predicted molar refractivity (Wildman–Crippen MR) is 108 cm³/mol. The van der Waals surface area contributed by atoms with E-state index >= 15 is 0 Å². The molecule has 0 aliphatic heterocycles. The maximum Gasteiger partial charge on any atom is 0.417 e. The largest absolute Gasteiger partial charge is 0.461 e. The van der Waals surface area contributed by atoms with Crippen LogP contribution in [0, 0.1) is 29.1 Å². The Hall–Kier alpha value is -2.47. The number of rotatable bonds is 5. The molecule has 4 aliphatic rings. The van der Waals surface area contributed by atoms with Crippen LogP contribution >= 0.6 is 0 Å². The number of furan rings is 1. The molecule has 4 bridgehead atoms. The van der Waals surface area contributed by atoms with E-state index in [1.807, 2.05) is 0 Å².